The molecule has 0 radical (unpaired) electrons. The predicted molar refractivity (Wildman–Crippen MR) is 43.8 cm³/mol. The monoisotopic (exact) mass is 162 g/mol. The Morgan fingerprint density at radius 2 is 1.64 bits per heavy atom. The van der Waals surface area contributed by atoms with Crippen molar-refractivity contribution in [1.29, 1.82) is 0 Å². The highest BCUT2D eigenvalue weighted by Crippen LogP contribution is 2.16. The summed E-state index contributed by atoms with van der Waals surface area (Å²) < 4.78 is 24.0. The zero-order valence-electron chi connectivity index (χ0n) is 7.57. The highest BCUT2D eigenvalue weighted by atomic mass is 19.3. The average molecular weight is 162 g/mol. The fourth-order valence-corrected chi connectivity index (χ4v) is 0.680. The van der Waals surface area contributed by atoms with Crippen LogP contribution in [0.2, 0.25) is 0 Å². The summed E-state index contributed by atoms with van der Waals surface area (Å²) in [7, 11) is 0. The van der Waals surface area contributed by atoms with E-state index in [1.165, 1.54) is 6.92 Å². The number of hydrogen-bond donors (Lipinski definition) is 0. The minimum atomic E-state index is -2.23. The average Bonchev–Trinajstić information content (AvgIpc) is 1.87. The Bertz CT molecular complexity index is 136. The summed E-state index contributed by atoms with van der Waals surface area (Å²) in [6.07, 6.45) is -0.585. The van der Waals surface area contributed by atoms with Crippen LogP contribution in [0.3, 0.4) is 0 Å². The molecule has 0 aliphatic rings. The zero-order valence-corrected chi connectivity index (χ0v) is 7.57. The Morgan fingerprint density at radius 3 is 1.91 bits per heavy atom. The SMILES string of the molecule is C/C(=C\C(C)C(F)F)C(C)C. The second-order valence-corrected chi connectivity index (χ2v) is 3.26. The van der Waals surface area contributed by atoms with Gasteiger partial charge >= 0.3 is 0 Å². The van der Waals surface area contributed by atoms with Crippen molar-refractivity contribution in [2.24, 2.45) is 11.8 Å². The van der Waals surface area contributed by atoms with Crippen LogP contribution in [0.4, 0.5) is 8.78 Å². The van der Waals surface area contributed by atoms with Crippen molar-refractivity contribution < 1.29 is 8.78 Å². The first-order valence-corrected chi connectivity index (χ1v) is 3.91. The molecular formula is C9H16F2. The summed E-state index contributed by atoms with van der Waals surface area (Å²) in [5.74, 6) is -0.242. The van der Waals surface area contributed by atoms with Gasteiger partial charge in [-0.1, -0.05) is 32.4 Å². The van der Waals surface area contributed by atoms with E-state index in [9.17, 15) is 8.78 Å². The molecule has 0 saturated carbocycles. The summed E-state index contributed by atoms with van der Waals surface area (Å²) in [6, 6.07) is 0. The Balaban J connectivity index is 4.07. The van der Waals surface area contributed by atoms with Crippen LogP contribution in [0.15, 0.2) is 11.6 Å². The lowest BCUT2D eigenvalue weighted by Gasteiger charge is -2.09. The van der Waals surface area contributed by atoms with E-state index in [1.54, 1.807) is 6.08 Å². The Hall–Kier alpha value is -0.400. The zero-order chi connectivity index (χ0) is 9.02. The molecule has 0 aromatic heterocycles. The first kappa shape index (κ1) is 10.6. The Morgan fingerprint density at radius 1 is 1.18 bits per heavy atom. The fraction of sp³-hybridized carbons (Fsp3) is 0.778. The summed E-state index contributed by atoms with van der Waals surface area (Å²) in [4.78, 5) is 0. The third-order valence-corrected chi connectivity index (χ3v) is 1.83. The van der Waals surface area contributed by atoms with Crippen LogP contribution in [0.1, 0.15) is 27.7 Å². The van der Waals surface area contributed by atoms with Gasteiger partial charge in [-0.25, -0.2) is 8.78 Å². The van der Waals surface area contributed by atoms with Crippen molar-refractivity contribution >= 4 is 0 Å². The molecule has 0 heterocycles. The van der Waals surface area contributed by atoms with Gasteiger partial charge in [0.1, 0.15) is 0 Å². The van der Waals surface area contributed by atoms with Gasteiger partial charge in [0.15, 0.2) is 0 Å². The van der Waals surface area contributed by atoms with E-state index < -0.39 is 12.3 Å². The van der Waals surface area contributed by atoms with Crippen LogP contribution >= 0.6 is 0 Å². The quantitative estimate of drug-likeness (QED) is 0.557. The first-order valence-electron chi connectivity index (χ1n) is 3.91. The summed E-state index contributed by atoms with van der Waals surface area (Å²) >= 11 is 0. The molecule has 0 rings (SSSR count). The van der Waals surface area contributed by atoms with E-state index in [-0.39, 0.29) is 0 Å². The topological polar surface area (TPSA) is 0 Å². The van der Waals surface area contributed by atoms with Crippen LogP contribution in [-0.4, -0.2) is 6.43 Å². The lowest BCUT2D eigenvalue weighted by Crippen LogP contribution is -2.04. The molecule has 0 aliphatic heterocycles. The van der Waals surface area contributed by atoms with Gasteiger partial charge in [0, 0.05) is 5.92 Å². The maximum Gasteiger partial charge on any atom is 0.244 e. The lowest BCUT2D eigenvalue weighted by molar-refractivity contribution is 0.108. The van der Waals surface area contributed by atoms with Gasteiger partial charge < -0.3 is 0 Å². The maximum absolute atomic E-state index is 12.0. The molecule has 0 amide bonds. The fourth-order valence-electron chi connectivity index (χ4n) is 0.680. The number of alkyl halides is 2. The van der Waals surface area contributed by atoms with Gasteiger partial charge in [-0.05, 0) is 12.8 Å². The van der Waals surface area contributed by atoms with Crippen molar-refractivity contribution in [3.8, 4) is 0 Å². The van der Waals surface area contributed by atoms with Crippen molar-refractivity contribution in [3.05, 3.63) is 11.6 Å². The molecule has 0 nitrogen and oxygen atoms in total. The molecule has 2 heteroatoms. The normalized spacial score (nSPS) is 16.2. The maximum atomic E-state index is 12.0. The van der Waals surface area contributed by atoms with Gasteiger partial charge in [-0.3, -0.25) is 0 Å². The molecule has 0 spiro atoms. The molecule has 1 unspecified atom stereocenters. The first-order chi connectivity index (χ1) is 4.95. The van der Waals surface area contributed by atoms with E-state index >= 15 is 0 Å². The summed E-state index contributed by atoms with van der Waals surface area (Å²) in [6.45, 7) is 7.44. The largest absolute Gasteiger partial charge is 0.244 e. The molecule has 0 fully saturated rings. The van der Waals surface area contributed by atoms with E-state index in [0.29, 0.717) is 5.92 Å². The third-order valence-electron chi connectivity index (χ3n) is 1.83. The van der Waals surface area contributed by atoms with E-state index in [4.69, 9.17) is 0 Å². The van der Waals surface area contributed by atoms with Crippen LogP contribution in [0.25, 0.3) is 0 Å². The van der Waals surface area contributed by atoms with Gasteiger partial charge in [0.2, 0.25) is 6.43 Å². The Kier molecular flexibility index (Phi) is 4.31. The summed E-state index contributed by atoms with van der Waals surface area (Å²) in [5, 5.41) is 0. The second-order valence-electron chi connectivity index (χ2n) is 3.26. The van der Waals surface area contributed by atoms with Crippen molar-refractivity contribution in [2.45, 2.75) is 34.1 Å². The number of halogens is 2. The van der Waals surface area contributed by atoms with Crippen molar-refractivity contribution in [1.82, 2.24) is 0 Å². The molecule has 0 N–H and O–H groups in total. The molecule has 0 aliphatic carbocycles. The molecular weight excluding hydrogens is 146 g/mol. The second kappa shape index (κ2) is 4.47. The van der Waals surface area contributed by atoms with E-state index in [2.05, 4.69) is 0 Å². The van der Waals surface area contributed by atoms with Gasteiger partial charge in [0.25, 0.3) is 0 Å². The molecule has 11 heavy (non-hydrogen) atoms. The Labute approximate surface area is 67.3 Å². The van der Waals surface area contributed by atoms with Crippen LogP contribution < -0.4 is 0 Å². The van der Waals surface area contributed by atoms with E-state index in [0.717, 1.165) is 5.57 Å². The van der Waals surface area contributed by atoms with Crippen molar-refractivity contribution in [2.75, 3.05) is 0 Å². The van der Waals surface area contributed by atoms with Crippen molar-refractivity contribution in [3.63, 3.8) is 0 Å². The molecule has 1 atom stereocenters. The van der Waals surface area contributed by atoms with Crippen LogP contribution in [0.5, 0.6) is 0 Å². The molecule has 0 bridgehead atoms. The van der Waals surface area contributed by atoms with Gasteiger partial charge in [-0.15, -0.1) is 0 Å². The van der Waals surface area contributed by atoms with Crippen LogP contribution in [0, 0.1) is 11.8 Å². The minimum absolute atomic E-state index is 0.371. The highest BCUT2D eigenvalue weighted by Gasteiger charge is 2.11. The third kappa shape index (κ3) is 4.12. The number of hydrogen-bond acceptors (Lipinski definition) is 0. The minimum Gasteiger partial charge on any atom is -0.210 e. The molecule has 0 aromatic rings. The van der Waals surface area contributed by atoms with E-state index in [1.807, 2.05) is 20.8 Å². The van der Waals surface area contributed by atoms with Gasteiger partial charge in [-0.2, -0.15) is 0 Å². The molecule has 0 aromatic carbocycles. The highest BCUT2D eigenvalue weighted by molar-refractivity contribution is 5.03. The van der Waals surface area contributed by atoms with Gasteiger partial charge in [0.05, 0.1) is 0 Å². The number of rotatable bonds is 3. The smallest absolute Gasteiger partial charge is 0.210 e. The molecule has 0 saturated heterocycles. The number of allylic oxidation sites excluding steroid dienone is 2. The predicted octanol–water partition coefficient (Wildman–Crippen LogP) is 3.49. The standard InChI is InChI=1S/C9H16F2/c1-6(2)7(3)5-8(4)9(10)11/h5-6,8-9H,1-4H3/b7-5+. The lowest BCUT2D eigenvalue weighted by atomic mass is 10.0. The van der Waals surface area contributed by atoms with Crippen LogP contribution in [-0.2, 0) is 0 Å². The molecule has 66 valence electrons. The summed E-state index contributed by atoms with van der Waals surface area (Å²) in [5.41, 5.74) is 1.04.